The third-order valence-electron chi connectivity index (χ3n) is 5.11. The molecule has 2 aromatic heterocycles. The highest BCUT2D eigenvalue weighted by Crippen LogP contribution is 2.32. The Bertz CT molecular complexity index is 844. The van der Waals surface area contributed by atoms with Crippen LogP contribution in [0.1, 0.15) is 47.2 Å². The fraction of sp³-hybridized carbons (Fsp3) is 0.409. The van der Waals surface area contributed by atoms with Crippen LogP contribution < -0.4 is 14.8 Å². The molecule has 1 saturated carbocycles. The lowest BCUT2D eigenvalue weighted by atomic mass is 10.1. The number of ether oxygens (including phenoxy) is 2. The van der Waals surface area contributed by atoms with E-state index in [0.29, 0.717) is 6.10 Å². The zero-order valence-electron chi connectivity index (χ0n) is 16.1. The van der Waals surface area contributed by atoms with Crippen LogP contribution in [0.25, 0.3) is 0 Å². The Balaban J connectivity index is 1.43. The summed E-state index contributed by atoms with van der Waals surface area (Å²) in [6.07, 6.45) is 7.97. The summed E-state index contributed by atoms with van der Waals surface area (Å²) in [5.74, 6) is 1.67. The first-order chi connectivity index (χ1) is 13.8. The molecule has 28 heavy (non-hydrogen) atoms. The molecule has 6 heteroatoms. The Kier molecular flexibility index (Phi) is 6.62. The zero-order valence-corrected chi connectivity index (χ0v) is 17.7. The summed E-state index contributed by atoms with van der Waals surface area (Å²) < 4.78 is 11.8. The van der Waals surface area contributed by atoms with Gasteiger partial charge in [-0.2, -0.15) is 0 Å². The zero-order chi connectivity index (χ0) is 19.2. The molecule has 1 N–H and O–H groups in total. The summed E-state index contributed by atoms with van der Waals surface area (Å²) >= 11 is 3.50. The van der Waals surface area contributed by atoms with Crippen molar-refractivity contribution in [1.82, 2.24) is 10.3 Å². The van der Waals surface area contributed by atoms with Crippen LogP contribution in [0.3, 0.4) is 0 Å². The summed E-state index contributed by atoms with van der Waals surface area (Å²) in [4.78, 5) is 5.90. The van der Waals surface area contributed by atoms with Crippen LogP contribution in [-0.4, -0.2) is 18.2 Å². The monoisotopic (exact) mass is 414 g/mol. The van der Waals surface area contributed by atoms with Crippen molar-refractivity contribution in [2.24, 2.45) is 0 Å². The molecule has 0 bridgehead atoms. The predicted octanol–water partition coefficient (Wildman–Crippen LogP) is 5.61. The first-order valence-corrected chi connectivity index (χ1v) is 11.6. The molecule has 3 aromatic rings. The molecule has 0 unspecified atom stereocenters. The highest BCUT2D eigenvalue weighted by atomic mass is 32.1. The minimum absolute atomic E-state index is 0.207. The molecule has 4 rings (SSSR count). The van der Waals surface area contributed by atoms with Gasteiger partial charge < -0.3 is 14.8 Å². The van der Waals surface area contributed by atoms with Gasteiger partial charge in [-0.15, -0.1) is 22.7 Å². The van der Waals surface area contributed by atoms with Crippen LogP contribution in [0.4, 0.5) is 0 Å². The smallest absolute Gasteiger partial charge is 0.161 e. The third-order valence-corrected chi connectivity index (χ3v) is 6.90. The maximum atomic E-state index is 6.15. The summed E-state index contributed by atoms with van der Waals surface area (Å²) in [7, 11) is 1.71. The van der Waals surface area contributed by atoms with E-state index < -0.39 is 0 Å². The molecule has 1 atom stereocenters. The third kappa shape index (κ3) is 4.93. The molecule has 4 nitrogen and oxygen atoms in total. The van der Waals surface area contributed by atoms with Gasteiger partial charge in [-0.1, -0.05) is 12.1 Å². The Morgan fingerprint density at radius 3 is 2.75 bits per heavy atom. The van der Waals surface area contributed by atoms with E-state index >= 15 is 0 Å². The number of thiophene rings is 1. The van der Waals surface area contributed by atoms with E-state index in [1.165, 1.54) is 23.3 Å². The minimum atomic E-state index is 0.207. The Labute approximate surface area is 174 Å². The van der Waals surface area contributed by atoms with E-state index in [4.69, 9.17) is 9.47 Å². The van der Waals surface area contributed by atoms with Crippen molar-refractivity contribution in [3.63, 3.8) is 0 Å². The van der Waals surface area contributed by atoms with E-state index in [-0.39, 0.29) is 6.04 Å². The van der Waals surface area contributed by atoms with Crippen LogP contribution in [0, 0.1) is 0 Å². The van der Waals surface area contributed by atoms with Crippen LogP contribution in [0.5, 0.6) is 11.5 Å². The number of methoxy groups -OCH3 is 1. The van der Waals surface area contributed by atoms with Gasteiger partial charge in [0.2, 0.25) is 0 Å². The lowest BCUT2D eigenvalue weighted by molar-refractivity contribution is 0.200. The van der Waals surface area contributed by atoms with Gasteiger partial charge >= 0.3 is 0 Å². The van der Waals surface area contributed by atoms with Crippen molar-refractivity contribution >= 4 is 22.7 Å². The molecule has 1 fully saturated rings. The van der Waals surface area contributed by atoms with Crippen LogP contribution in [-0.2, 0) is 13.0 Å². The summed E-state index contributed by atoms with van der Waals surface area (Å²) in [5, 5.41) is 8.97. The molecular weight excluding hydrogens is 388 g/mol. The van der Waals surface area contributed by atoms with Gasteiger partial charge in [0.15, 0.2) is 11.5 Å². The molecule has 0 aliphatic heterocycles. The van der Waals surface area contributed by atoms with E-state index in [1.807, 2.05) is 17.6 Å². The number of hydrogen-bond acceptors (Lipinski definition) is 6. The number of aromatic nitrogens is 1. The number of benzene rings is 1. The Hall–Kier alpha value is -1.89. The van der Waals surface area contributed by atoms with Gasteiger partial charge in [0.1, 0.15) is 5.01 Å². The molecule has 148 valence electrons. The summed E-state index contributed by atoms with van der Waals surface area (Å²) in [6.45, 7) is 0.760. The van der Waals surface area contributed by atoms with Crippen LogP contribution in [0.15, 0.2) is 47.3 Å². The van der Waals surface area contributed by atoms with Gasteiger partial charge in [-0.25, -0.2) is 4.98 Å². The van der Waals surface area contributed by atoms with Crippen LogP contribution in [0.2, 0.25) is 0 Å². The molecule has 0 amide bonds. The molecule has 2 heterocycles. The maximum absolute atomic E-state index is 6.15. The fourth-order valence-electron chi connectivity index (χ4n) is 3.63. The van der Waals surface area contributed by atoms with Gasteiger partial charge in [-0.3, -0.25) is 0 Å². The molecule has 0 radical (unpaired) electrons. The van der Waals surface area contributed by atoms with Crippen molar-refractivity contribution in [2.75, 3.05) is 7.11 Å². The number of rotatable bonds is 9. The van der Waals surface area contributed by atoms with E-state index in [0.717, 1.165) is 42.3 Å². The second kappa shape index (κ2) is 9.54. The van der Waals surface area contributed by atoms with Crippen LogP contribution >= 0.6 is 22.7 Å². The second-order valence-electron chi connectivity index (χ2n) is 7.10. The number of nitrogens with zero attached hydrogens (tertiary/aromatic N) is 1. The molecule has 0 saturated heterocycles. The van der Waals surface area contributed by atoms with Crippen molar-refractivity contribution in [3.8, 4) is 11.5 Å². The van der Waals surface area contributed by atoms with Crippen molar-refractivity contribution < 1.29 is 9.47 Å². The van der Waals surface area contributed by atoms with Crippen molar-refractivity contribution in [2.45, 2.75) is 50.8 Å². The average Bonchev–Trinajstić information content (AvgIpc) is 3.49. The quantitative estimate of drug-likeness (QED) is 0.494. The van der Waals surface area contributed by atoms with E-state index in [2.05, 4.69) is 39.9 Å². The normalized spacial score (nSPS) is 15.6. The van der Waals surface area contributed by atoms with Gasteiger partial charge in [0.25, 0.3) is 0 Å². The average molecular weight is 415 g/mol. The SMILES string of the molecule is COc1cc(CN[C@@H](Cc2cccs2)c2nccs2)ccc1OC1CCCC1. The van der Waals surface area contributed by atoms with E-state index in [9.17, 15) is 0 Å². The van der Waals surface area contributed by atoms with Crippen molar-refractivity contribution in [3.05, 3.63) is 62.7 Å². The minimum Gasteiger partial charge on any atom is -0.493 e. The predicted molar refractivity (Wildman–Crippen MR) is 116 cm³/mol. The highest BCUT2D eigenvalue weighted by Gasteiger charge is 2.19. The molecule has 0 spiro atoms. The molecular formula is C22H26N2O2S2. The number of thiazole rings is 1. The topological polar surface area (TPSA) is 43.4 Å². The number of hydrogen-bond donors (Lipinski definition) is 1. The van der Waals surface area contributed by atoms with Gasteiger partial charge in [-0.05, 0) is 54.8 Å². The first kappa shape index (κ1) is 19.4. The standard InChI is InChI=1S/C22H26N2O2S2/c1-25-21-13-16(8-9-20(21)26-17-5-2-3-6-17)15-24-19(22-23-10-12-28-22)14-18-7-4-11-27-18/h4,7-13,17,19,24H,2-3,5-6,14-15H2,1H3/t19-/m0/s1. The lowest BCUT2D eigenvalue weighted by Gasteiger charge is -2.18. The van der Waals surface area contributed by atoms with Gasteiger partial charge in [0.05, 0.1) is 19.3 Å². The summed E-state index contributed by atoms with van der Waals surface area (Å²) in [6, 6.07) is 10.8. The van der Waals surface area contributed by atoms with E-state index in [1.54, 1.807) is 29.8 Å². The number of nitrogens with one attached hydrogen (secondary N) is 1. The molecule has 1 aliphatic carbocycles. The summed E-state index contributed by atoms with van der Waals surface area (Å²) in [5.41, 5.74) is 1.18. The lowest BCUT2D eigenvalue weighted by Crippen LogP contribution is -2.22. The highest BCUT2D eigenvalue weighted by molar-refractivity contribution is 7.10. The molecule has 1 aromatic carbocycles. The molecule has 1 aliphatic rings. The largest absolute Gasteiger partial charge is 0.493 e. The fourth-order valence-corrected chi connectivity index (χ4v) is 5.10. The first-order valence-electron chi connectivity index (χ1n) is 9.80. The van der Waals surface area contributed by atoms with Gasteiger partial charge in [0, 0.05) is 29.4 Å². The second-order valence-corrected chi connectivity index (χ2v) is 9.06. The maximum Gasteiger partial charge on any atom is 0.161 e. The Morgan fingerprint density at radius 2 is 2.04 bits per heavy atom. The Morgan fingerprint density at radius 1 is 1.14 bits per heavy atom. The van der Waals surface area contributed by atoms with Crippen molar-refractivity contribution in [1.29, 1.82) is 0 Å².